The van der Waals surface area contributed by atoms with Crippen LogP contribution in [0.5, 0.6) is 0 Å². The largest absolute Gasteiger partial charge is 0.307 e. The van der Waals surface area contributed by atoms with E-state index in [0.29, 0.717) is 6.04 Å². The molecule has 1 unspecified atom stereocenters. The minimum Gasteiger partial charge on any atom is -0.307 e. The number of nitrogens with zero attached hydrogens (tertiary/aromatic N) is 2. The predicted octanol–water partition coefficient (Wildman–Crippen LogP) is 3.18. The van der Waals surface area contributed by atoms with Crippen LogP contribution >= 0.6 is 0 Å². The van der Waals surface area contributed by atoms with Crippen molar-refractivity contribution in [3.8, 4) is 11.3 Å². The average Bonchev–Trinajstić information content (AvgIpc) is 2.93. The Morgan fingerprint density at radius 2 is 2.11 bits per heavy atom. The van der Waals surface area contributed by atoms with Crippen molar-refractivity contribution >= 4 is 0 Å². The van der Waals surface area contributed by atoms with Gasteiger partial charge in [0.05, 0.1) is 11.7 Å². The van der Waals surface area contributed by atoms with Crippen molar-refractivity contribution in [1.82, 2.24) is 15.3 Å². The van der Waals surface area contributed by atoms with Gasteiger partial charge in [-0.1, -0.05) is 23.8 Å². The molecule has 1 atom stereocenters. The number of rotatable bonds is 2. The number of aryl methyl sites for hydroxylation is 2. The molecule has 2 aromatic rings. The van der Waals surface area contributed by atoms with Crippen LogP contribution < -0.4 is 5.32 Å². The summed E-state index contributed by atoms with van der Waals surface area (Å²) in [5.41, 5.74) is 4.78. The lowest BCUT2D eigenvalue weighted by Crippen LogP contribution is -2.15. The first kappa shape index (κ1) is 12.3. The summed E-state index contributed by atoms with van der Waals surface area (Å²) >= 11 is 0. The maximum atomic E-state index is 4.74. The first-order valence-corrected chi connectivity index (χ1v) is 6.88. The Bertz CT molecular complexity index is 586. The first-order chi connectivity index (χ1) is 9.24. The smallest absolute Gasteiger partial charge is 0.145 e. The van der Waals surface area contributed by atoms with Crippen molar-refractivity contribution in [2.45, 2.75) is 32.7 Å². The average molecular weight is 253 g/mol. The summed E-state index contributed by atoms with van der Waals surface area (Å²) in [6.07, 6.45) is 4.22. The molecule has 0 radical (unpaired) electrons. The molecule has 1 aliphatic heterocycles. The van der Waals surface area contributed by atoms with E-state index in [-0.39, 0.29) is 0 Å². The van der Waals surface area contributed by atoms with Crippen molar-refractivity contribution in [2.24, 2.45) is 0 Å². The summed E-state index contributed by atoms with van der Waals surface area (Å²) in [6, 6.07) is 8.81. The minimum absolute atomic E-state index is 0.325. The Balaban J connectivity index is 1.98. The maximum Gasteiger partial charge on any atom is 0.145 e. The molecule has 98 valence electrons. The molecule has 1 aromatic heterocycles. The Morgan fingerprint density at radius 1 is 1.21 bits per heavy atom. The predicted molar refractivity (Wildman–Crippen MR) is 76.9 cm³/mol. The van der Waals surface area contributed by atoms with E-state index in [1.54, 1.807) is 0 Å². The fourth-order valence-electron chi connectivity index (χ4n) is 2.70. The molecular weight excluding hydrogens is 234 g/mol. The van der Waals surface area contributed by atoms with Gasteiger partial charge in [0.15, 0.2) is 0 Å². The number of hydrogen-bond donors (Lipinski definition) is 1. The molecule has 3 heteroatoms. The van der Waals surface area contributed by atoms with Gasteiger partial charge in [-0.2, -0.15) is 0 Å². The molecule has 1 aromatic carbocycles. The molecular formula is C16H19N3. The van der Waals surface area contributed by atoms with Gasteiger partial charge in [0.25, 0.3) is 0 Å². The van der Waals surface area contributed by atoms with Crippen LogP contribution in [0.3, 0.4) is 0 Å². The SMILES string of the molecule is Cc1ccc(-c2ccnc(C3CCCN3)n2)c(C)c1. The third-order valence-electron chi connectivity index (χ3n) is 3.70. The van der Waals surface area contributed by atoms with Crippen molar-refractivity contribution in [3.05, 3.63) is 47.4 Å². The van der Waals surface area contributed by atoms with Crippen LogP contribution in [0.15, 0.2) is 30.5 Å². The van der Waals surface area contributed by atoms with E-state index < -0.39 is 0 Å². The van der Waals surface area contributed by atoms with Crippen LogP contribution in [0.4, 0.5) is 0 Å². The second-order valence-corrected chi connectivity index (χ2v) is 5.27. The Labute approximate surface area is 114 Å². The molecule has 0 aliphatic carbocycles. The Kier molecular flexibility index (Phi) is 3.30. The Hall–Kier alpha value is -1.74. The van der Waals surface area contributed by atoms with Crippen LogP contribution in [-0.2, 0) is 0 Å². The van der Waals surface area contributed by atoms with Gasteiger partial charge >= 0.3 is 0 Å². The van der Waals surface area contributed by atoms with Gasteiger partial charge in [0, 0.05) is 11.8 Å². The minimum atomic E-state index is 0.325. The quantitative estimate of drug-likeness (QED) is 0.893. The first-order valence-electron chi connectivity index (χ1n) is 6.88. The molecule has 1 saturated heterocycles. The van der Waals surface area contributed by atoms with Gasteiger partial charge in [-0.25, -0.2) is 9.97 Å². The lowest BCUT2D eigenvalue weighted by molar-refractivity contribution is 0.605. The van der Waals surface area contributed by atoms with Gasteiger partial charge in [-0.3, -0.25) is 0 Å². The van der Waals surface area contributed by atoms with Gasteiger partial charge < -0.3 is 5.32 Å². The number of aromatic nitrogens is 2. The lowest BCUT2D eigenvalue weighted by atomic mass is 10.0. The van der Waals surface area contributed by atoms with Gasteiger partial charge in [0.2, 0.25) is 0 Å². The van der Waals surface area contributed by atoms with Crippen molar-refractivity contribution < 1.29 is 0 Å². The molecule has 0 saturated carbocycles. The second-order valence-electron chi connectivity index (χ2n) is 5.27. The van der Waals surface area contributed by atoms with E-state index >= 15 is 0 Å². The van der Waals surface area contributed by atoms with Crippen molar-refractivity contribution in [1.29, 1.82) is 0 Å². The number of hydrogen-bond acceptors (Lipinski definition) is 3. The highest BCUT2D eigenvalue weighted by atomic mass is 15.0. The van der Waals surface area contributed by atoms with Gasteiger partial charge in [0.1, 0.15) is 5.82 Å². The van der Waals surface area contributed by atoms with Crippen LogP contribution in [0.2, 0.25) is 0 Å². The summed E-state index contributed by atoms with van der Waals surface area (Å²) in [6.45, 7) is 5.32. The fourth-order valence-corrected chi connectivity index (χ4v) is 2.70. The van der Waals surface area contributed by atoms with E-state index in [4.69, 9.17) is 4.98 Å². The third-order valence-corrected chi connectivity index (χ3v) is 3.70. The molecule has 0 spiro atoms. The van der Waals surface area contributed by atoms with E-state index in [1.165, 1.54) is 23.1 Å². The summed E-state index contributed by atoms with van der Waals surface area (Å²) in [5.74, 6) is 0.926. The monoisotopic (exact) mass is 253 g/mol. The molecule has 0 amide bonds. The highest BCUT2D eigenvalue weighted by Gasteiger charge is 2.19. The molecule has 1 fully saturated rings. The zero-order chi connectivity index (χ0) is 13.2. The number of benzene rings is 1. The molecule has 2 heterocycles. The van der Waals surface area contributed by atoms with Crippen molar-refractivity contribution in [2.75, 3.05) is 6.54 Å². The highest BCUT2D eigenvalue weighted by Crippen LogP contribution is 2.25. The van der Waals surface area contributed by atoms with Crippen LogP contribution in [0.1, 0.15) is 35.8 Å². The van der Waals surface area contributed by atoms with E-state index in [9.17, 15) is 0 Å². The van der Waals surface area contributed by atoms with Gasteiger partial charge in [-0.15, -0.1) is 0 Å². The summed E-state index contributed by atoms with van der Waals surface area (Å²) in [4.78, 5) is 9.16. The summed E-state index contributed by atoms with van der Waals surface area (Å²) in [5, 5.41) is 3.45. The standard InChI is InChI=1S/C16H19N3/c1-11-5-6-13(12(2)10-11)14-7-9-18-16(19-14)15-4-3-8-17-15/h5-7,9-10,15,17H,3-4,8H2,1-2H3. The second kappa shape index (κ2) is 5.10. The molecule has 1 N–H and O–H groups in total. The lowest BCUT2D eigenvalue weighted by Gasteiger charge is -2.11. The Morgan fingerprint density at radius 3 is 2.84 bits per heavy atom. The molecule has 0 bridgehead atoms. The molecule has 19 heavy (non-hydrogen) atoms. The van der Waals surface area contributed by atoms with E-state index in [2.05, 4.69) is 42.3 Å². The van der Waals surface area contributed by atoms with E-state index in [1.807, 2.05) is 12.3 Å². The van der Waals surface area contributed by atoms with Crippen LogP contribution in [-0.4, -0.2) is 16.5 Å². The molecule has 3 nitrogen and oxygen atoms in total. The van der Waals surface area contributed by atoms with Crippen molar-refractivity contribution in [3.63, 3.8) is 0 Å². The summed E-state index contributed by atoms with van der Waals surface area (Å²) < 4.78 is 0. The summed E-state index contributed by atoms with van der Waals surface area (Å²) in [7, 11) is 0. The fraction of sp³-hybridized carbons (Fsp3) is 0.375. The molecule has 1 aliphatic rings. The molecule has 3 rings (SSSR count). The zero-order valence-corrected chi connectivity index (χ0v) is 11.5. The zero-order valence-electron chi connectivity index (χ0n) is 11.5. The topological polar surface area (TPSA) is 37.8 Å². The highest BCUT2D eigenvalue weighted by molar-refractivity contribution is 5.63. The van der Waals surface area contributed by atoms with Crippen LogP contribution in [0.25, 0.3) is 11.3 Å². The third kappa shape index (κ3) is 2.51. The normalized spacial score (nSPS) is 18.7. The number of nitrogens with one attached hydrogen (secondary N) is 1. The van der Waals surface area contributed by atoms with Gasteiger partial charge in [-0.05, 0) is 44.9 Å². The maximum absolute atomic E-state index is 4.74. The van der Waals surface area contributed by atoms with Crippen LogP contribution in [0, 0.1) is 13.8 Å². The van der Waals surface area contributed by atoms with E-state index in [0.717, 1.165) is 24.5 Å².